The van der Waals surface area contributed by atoms with Crippen molar-refractivity contribution in [2.75, 3.05) is 25.0 Å². The van der Waals surface area contributed by atoms with Gasteiger partial charge in [-0.25, -0.2) is 4.79 Å². The van der Waals surface area contributed by atoms with Crippen LogP contribution < -0.4 is 10.1 Å². The minimum absolute atomic E-state index is 0.119. The van der Waals surface area contributed by atoms with Crippen LogP contribution in [-0.4, -0.2) is 48.0 Å². The Kier molecular flexibility index (Phi) is 5.35. The Bertz CT molecular complexity index is 563. The van der Waals surface area contributed by atoms with Crippen molar-refractivity contribution in [2.45, 2.75) is 32.0 Å². The third-order valence-electron chi connectivity index (χ3n) is 3.50. The van der Waals surface area contributed by atoms with E-state index in [9.17, 15) is 23.1 Å². The van der Waals surface area contributed by atoms with Gasteiger partial charge in [-0.15, -0.1) is 0 Å². The lowest BCUT2D eigenvalue weighted by molar-refractivity contribution is -0.153. The first kappa shape index (κ1) is 17.4. The molecule has 0 bridgehead atoms. The van der Waals surface area contributed by atoms with Gasteiger partial charge in [0.2, 0.25) is 0 Å². The third kappa shape index (κ3) is 5.31. The first-order chi connectivity index (χ1) is 10.7. The Morgan fingerprint density at radius 3 is 2.83 bits per heavy atom. The van der Waals surface area contributed by atoms with E-state index in [1.165, 1.54) is 17.0 Å². The molecule has 0 saturated carbocycles. The molecule has 1 aromatic carbocycles. The van der Waals surface area contributed by atoms with Gasteiger partial charge in [-0.05, 0) is 43.5 Å². The molecule has 1 fully saturated rings. The Labute approximate surface area is 132 Å². The number of halogens is 3. The van der Waals surface area contributed by atoms with E-state index in [0.717, 1.165) is 6.42 Å². The number of β-amino-alcohol motifs (C(OH)–C–C–N with tert-alkyl or cyclic N) is 1. The molecular formula is C15H19F3N2O3. The van der Waals surface area contributed by atoms with E-state index < -0.39 is 18.9 Å². The van der Waals surface area contributed by atoms with Crippen LogP contribution >= 0.6 is 0 Å². The predicted molar refractivity (Wildman–Crippen MR) is 78.6 cm³/mol. The monoisotopic (exact) mass is 332 g/mol. The van der Waals surface area contributed by atoms with Crippen LogP contribution in [0.3, 0.4) is 0 Å². The highest BCUT2D eigenvalue weighted by molar-refractivity contribution is 5.89. The number of carbonyl (C=O) groups is 1. The maximum atomic E-state index is 12.2. The summed E-state index contributed by atoms with van der Waals surface area (Å²) >= 11 is 0. The van der Waals surface area contributed by atoms with Crippen molar-refractivity contribution < 1.29 is 27.8 Å². The molecule has 1 atom stereocenters. The molecule has 2 N–H and O–H groups in total. The molecule has 2 rings (SSSR count). The van der Waals surface area contributed by atoms with Gasteiger partial charge >= 0.3 is 12.2 Å². The summed E-state index contributed by atoms with van der Waals surface area (Å²) in [6.07, 6.45) is -3.50. The molecule has 0 aliphatic carbocycles. The van der Waals surface area contributed by atoms with Gasteiger partial charge < -0.3 is 20.1 Å². The van der Waals surface area contributed by atoms with Crippen LogP contribution in [0.4, 0.5) is 23.7 Å². The zero-order chi connectivity index (χ0) is 17.0. The highest BCUT2D eigenvalue weighted by Crippen LogP contribution is 2.25. The summed E-state index contributed by atoms with van der Waals surface area (Å²) in [6, 6.07) is 4.08. The highest BCUT2D eigenvalue weighted by atomic mass is 19.4. The molecule has 8 heteroatoms. The third-order valence-corrected chi connectivity index (χ3v) is 3.50. The standard InChI is InChI=1S/C15H19F3N2O3/c1-10-7-11(4-5-13(10)23-9-15(16,17)18)19-14(22)20-6-2-3-12(21)8-20/h4-5,7,12,21H,2-3,6,8-9H2,1H3,(H,19,22). The molecule has 0 radical (unpaired) electrons. The maximum absolute atomic E-state index is 12.2. The smallest absolute Gasteiger partial charge is 0.422 e. The maximum Gasteiger partial charge on any atom is 0.422 e. The van der Waals surface area contributed by atoms with Crippen molar-refractivity contribution in [1.29, 1.82) is 0 Å². The number of aliphatic hydroxyl groups is 1. The van der Waals surface area contributed by atoms with Crippen LogP contribution in [0.15, 0.2) is 18.2 Å². The molecule has 0 aromatic heterocycles. The average molecular weight is 332 g/mol. The van der Waals surface area contributed by atoms with E-state index in [-0.39, 0.29) is 18.3 Å². The van der Waals surface area contributed by atoms with Gasteiger partial charge in [-0.3, -0.25) is 0 Å². The molecule has 128 valence electrons. The summed E-state index contributed by atoms with van der Waals surface area (Å²) in [6.45, 7) is 1.09. The summed E-state index contributed by atoms with van der Waals surface area (Å²) in [5, 5.41) is 12.2. The Hall–Kier alpha value is -1.96. The number of aliphatic hydroxyl groups excluding tert-OH is 1. The molecule has 1 heterocycles. The van der Waals surface area contributed by atoms with E-state index in [2.05, 4.69) is 5.32 Å². The number of urea groups is 1. The SMILES string of the molecule is Cc1cc(NC(=O)N2CCCC(O)C2)ccc1OCC(F)(F)F. The number of amides is 2. The second-order valence-electron chi connectivity index (χ2n) is 5.56. The zero-order valence-corrected chi connectivity index (χ0v) is 12.7. The van der Waals surface area contributed by atoms with E-state index in [1.54, 1.807) is 13.0 Å². The van der Waals surface area contributed by atoms with Crippen molar-refractivity contribution in [3.63, 3.8) is 0 Å². The molecule has 23 heavy (non-hydrogen) atoms. The summed E-state index contributed by atoms with van der Waals surface area (Å²) in [5.74, 6) is 0.119. The summed E-state index contributed by atoms with van der Waals surface area (Å²) < 4.78 is 41.2. The normalized spacial score (nSPS) is 18.7. The van der Waals surface area contributed by atoms with Gasteiger partial charge in [0.1, 0.15) is 5.75 Å². The number of alkyl halides is 3. The largest absolute Gasteiger partial charge is 0.484 e. The molecule has 1 unspecified atom stereocenters. The molecule has 1 aliphatic rings. The highest BCUT2D eigenvalue weighted by Gasteiger charge is 2.28. The van der Waals surface area contributed by atoms with Crippen molar-refractivity contribution in [1.82, 2.24) is 4.90 Å². The zero-order valence-electron chi connectivity index (χ0n) is 12.7. The number of nitrogens with one attached hydrogen (secondary N) is 1. The Balaban J connectivity index is 1.96. The molecule has 0 spiro atoms. The predicted octanol–water partition coefficient (Wildman–Crippen LogP) is 2.92. The van der Waals surface area contributed by atoms with Crippen LogP contribution in [0.1, 0.15) is 18.4 Å². The van der Waals surface area contributed by atoms with Crippen LogP contribution in [0.5, 0.6) is 5.75 Å². The molecule has 1 saturated heterocycles. The van der Waals surface area contributed by atoms with Gasteiger partial charge in [0.25, 0.3) is 0 Å². The van der Waals surface area contributed by atoms with Crippen molar-refractivity contribution >= 4 is 11.7 Å². The van der Waals surface area contributed by atoms with E-state index in [4.69, 9.17) is 4.74 Å². The van der Waals surface area contributed by atoms with Crippen LogP contribution in [0.25, 0.3) is 0 Å². The Morgan fingerprint density at radius 2 is 2.22 bits per heavy atom. The fourth-order valence-corrected chi connectivity index (χ4v) is 2.39. The molecular weight excluding hydrogens is 313 g/mol. The first-order valence-electron chi connectivity index (χ1n) is 7.29. The molecule has 2 amide bonds. The van der Waals surface area contributed by atoms with Crippen molar-refractivity contribution in [3.8, 4) is 5.75 Å². The fraction of sp³-hybridized carbons (Fsp3) is 0.533. The number of nitrogens with zero attached hydrogens (tertiary/aromatic N) is 1. The number of aryl methyl sites for hydroxylation is 1. The second kappa shape index (κ2) is 7.08. The summed E-state index contributed by atoms with van der Waals surface area (Å²) in [5.41, 5.74) is 0.956. The number of benzene rings is 1. The first-order valence-corrected chi connectivity index (χ1v) is 7.29. The average Bonchev–Trinajstić information content (AvgIpc) is 2.45. The minimum Gasteiger partial charge on any atom is -0.484 e. The summed E-state index contributed by atoms with van der Waals surface area (Å²) in [7, 11) is 0. The molecule has 1 aliphatic heterocycles. The topological polar surface area (TPSA) is 61.8 Å². The molecule has 5 nitrogen and oxygen atoms in total. The number of piperidine rings is 1. The van der Waals surface area contributed by atoms with E-state index in [1.807, 2.05) is 0 Å². The van der Waals surface area contributed by atoms with E-state index in [0.29, 0.717) is 24.2 Å². The second-order valence-corrected chi connectivity index (χ2v) is 5.56. The lowest BCUT2D eigenvalue weighted by atomic mass is 10.1. The van der Waals surface area contributed by atoms with Crippen molar-refractivity contribution in [3.05, 3.63) is 23.8 Å². The number of carbonyl (C=O) groups excluding carboxylic acids is 1. The van der Waals surface area contributed by atoms with Gasteiger partial charge in [-0.2, -0.15) is 13.2 Å². The van der Waals surface area contributed by atoms with Crippen LogP contribution in [0.2, 0.25) is 0 Å². The quantitative estimate of drug-likeness (QED) is 0.895. The van der Waals surface area contributed by atoms with Gasteiger partial charge in [0.05, 0.1) is 6.10 Å². The Morgan fingerprint density at radius 1 is 1.48 bits per heavy atom. The van der Waals surface area contributed by atoms with Gasteiger partial charge in [0.15, 0.2) is 6.61 Å². The summed E-state index contributed by atoms with van der Waals surface area (Å²) in [4.78, 5) is 13.6. The minimum atomic E-state index is -4.39. The number of ether oxygens (including phenoxy) is 1. The van der Waals surface area contributed by atoms with Gasteiger partial charge in [0, 0.05) is 18.8 Å². The number of rotatable bonds is 3. The number of anilines is 1. The van der Waals surface area contributed by atoms with E-state index >= 15 is 0 Å². The number of hydrogen-bond donors (Lipinski definition) is 2. The lowest BCUT2D eigenvalue weighted by Gasteiger charge is -2.30. The number of likely N-dealkylation sites (tertiary alicyclic amines) is 1. The fourth-order valence-electron chi connectivity index (χ4n) is 2.39. The van der Waals surface area contributed by atoms with Crippen LogP contribution in [-0.2, 0) is 0 Å². The van der Waals surface area contributed by atoms with Crippen LogP contribution in [0, 0.1) is 6.92 Å². The lowest BCUT2D eigenvalue weighted by Crippen LogP contribution is -2.44. The molecule has 1 aromatic rings. The van der Waals surface area contributed by atoms with Crippen molar-refractivity contribution in [2.24, 2.45) is 0 Å². The number of hydrogen-bond acceptors (Lipinski definition) is 3. The van der Waals surface area contributed by atoms with Gasteiger partial charge in [-0.1, -0.05) is 0 Å².